The number of hydrogen-bond donors (Lipinski definition) is 2. The Hall–Kier alpha value is -0.870. The van der Waals surface area contributed by atoms with Crippen molar-refractivity contribution in [3.63, 3.8) is 0 Å². The molecule has 1 saturated heterocycles. The summed E-state index contributed by atoms with van der Waals surface area (Å²) in [6.07, 6.45) is 0. The average Bonchev–Trinajstić information content (AvgIpc) is 2.13. The highest BCUT2D eigenvalue weighted by Crippen LogP contribution is 2.25. The lowest BCUT2D eigenvalue weighted by atomic mass is 9.93. The Kier molecular flexibility index (Phi) is 2.09. The molecule has 1 aromatic rings. The average molecular weight is 241 g/mol. The van der Waals surface area contributed by atoms with E-state index in [9.17, 15) is 4.79 Å². The first-order valence-corrected chi connectivity index (χ1v) is 4.79. The van der Waals surface area contributed by atoms with Gasteiger partial charge in [-0.1, -0.05) is 28.1 Å². The van der Waals surface area contributed by atoms with Gasteiger partial charge in [0, 0.05) is 4.47 Å². The van der Waals surface area contributed by atoms with E-state index in [0.29, 0.717) is 0 Å². The van der Waals surface area contributed by atoms with Crippen molar-refractivity contribution in [3.05, 3.63) is 34.3 Å². The summed E-state index contributed by atoms with van der Waals surface area (Å²) in [6.45, 7) is 0. The molecule has 4 heteroatoms. The molecule has 2 atom stereocenters. The van der Waals surface area contributed by atoms with Gasteiger partial charge in [0.15, 0.2) is 0 Å². The van der Waals surface area contributed by atoms with Crippen molar-refractivity contribution in [3.8, 4) is 0 Å². The maximum Gasteiger partial charge on any atom is 0.239 e. The van der Waals surface area contributed by atoms with Gasteiger partial charge < -0.3 is 11.1 Å². The molecule has 0 bridgehead atoms. The molecule has 1 aliphatic rings. The lowest BCUT2D eigenvalue weighted by Crippen LogP contribution is -2.60. The van der Waals surface area contributed by atoms with Crippen molar-refractivity contribution in [2.75, 3.05) is 0 Å². The van der Waals surface area contributed by atoms with Crippen LogP contribution in [0.4, 0.5) is 0 Å². The molecule has 0 spiro atoms. The van der Waals surface area contributed by atoms with Gasteiger partial charge in [-0.05, 0) is 17.7 Å². The third kappa shape index (κ3) is 1.47. The largest absolute Gasteiger partial charge is 0.346 e. The monoisotopic (exact) mass is 240 g/mol. The van der Waals surface area contributed by atoms with Gasteiger partial charge >= 0.3 is 0 Å². The molecule has 2 rings (SSSR count). The van der Waals surface area contributed by atoms with Crippen molar-refractivity contribution in [2.24, 2.45) is 5.73 Å². The minimum Gasteiger partial charge on any atom is -0.346 e. The number of nitrogens with two attached hydrogens (primary N) is 1. The summed E-state index contributed by atoms with van der Waals surface area (Å²) in [4.78, 5) is 10.9. The fourth-order valence-electron chi connectivity index (χ4n) is 1.39. The highest BCUT2D eigenvalue weighted by Gasteiger charge is 2.36. The minimum atomic E-state index is -0.394. The number of nitrogens with one attached hydrogen (secondary N) is 1. The fraction of sp³-hybridized carbons (Fsp3) is 0.222. The van der Waals surface area contributed by atoms with E-state index in [1.165, 1.54) is 0 Å². The molecule has 0 aromatic heterocycles. The van der Waals surface area contributed by atoms with Crippen molar-refractivity contribution in [2.45, 2.75) is 12.1 Å². The summed E-state index contributed by atoms with van der Waals surface area (Å²) >= 11 is 3.37. The Labute approximate surface area is 84.4 Å². The zero-order valence-electron chi connectivity index (χ0n) is 6.83. The quantitative estimate of drug-likeness (QED) is 0.719. The molecular formula is C9H9BrN2O. The van der Waals surface area contributed by atoms with Crippen LogP contribution in [0.15, 0.2) is 28.7 Å². The number of carbonyl (C=O) groups excluding carboxylic acids is 1. The molecule has 2 unspecified atom stereocenters. The van der Waals surface area contributed by atoms with Crippen molar-refractivity contribution in [1.82, 2.24) is 5.32 Å². The molecule has 68 valence electrons. The van der Waals surface area contributed by atoms with Crippen LogP contribution in [0.3, 0.4) is 0 Å². The zero-order valence-corrected chi connectivity index (χ0v) is 8.41. The van der Waals surface area contributed by atoms with Crippen LogP contribution >= 0.6 is 15.9 Å². The summed E-state index contributed by atoms with van der Waals surface area (Å²) in [5.41, 5.74) is 6.66. The maximum absolute atomic E-state index is 10.9. The number of amides is 1. The smallest absolute Gasteiger partial charge is 0.239 e. The SMILES string of the molecule is NC1C(=O)NC1c1cccc(Br)c1. The van der Waals surface area contributed by atoms with E-state index >= 15 is 0 Å². The normalized spacial score (nSPS) is 26.5. The summed E-state index contributed by atoms with van der Waals surface area (Å²) in [5.74, 6) is -0.0787. The number of rotatable bonds is 1. The summed E-state index contributed by atoms with van der Waals surface area (Å²) < 4.78 is 0.998. The molecule has 0 aliphatic carbocycles. The molecule has 13 heavy (non-hydrogen) atoms. The van der Waals surface area contributed by atoms with Crippen LogP contribution in [-0.4, -0.2) is 11.9 Å². The van der Waals surface area contributed by atoms with E-state index < -0.39 is 6.04 Å². The van der Waals surface area contributed by atoms with E-state index in [1.807, 2.05) is 24.3 Å². The van der Waals surface area contributed by atoms with Crippen molar-refractivity contribution in [1.29, 1.82) is 0 Å². The van der Waals surface area contributed by atoms with Gasteiger partial charge in [0.1, 0.15) is 6.04 Å². The molecule has 1 heterocycles. The molecular weight excluding hydrogens is 232 g/mol. The molecule has 3 N–H and O–H groups in total. The first-order chi connectivity index (χ1) is 6.18. The topological polar surface area (TPSA) is 55.1 Å². The zero-order chi connectivity index (χ0) is 9.42. The van der Waals surface area contributed by atoms with Crippen LogP contribution < -0.4 is 11.1 Å². The highest BCUT2D eigenvalue weighted by atomic mass is 79.9. The molecule has 1 aliphatic heterocycles. The molecule has 3 nitrogen and oxygen atoms in total. The third-order valence-electron chi connectivity index (χ3n) is 2.17. The van der Waals surface area contributed by atoms with Gasteiger partial charge in [-0.15, -0.1) is 0 Å². The Morgan fingerprint density at radius 2 is 2.23 bits per heavy atom. The predicted molar refractivity (Wildman–Crippen MR) is 53.0 cm³/mol. The standard InChI is InChI=1S/C9H9BrN2O/c10-6-3-1-2-5(4-6)8-7(11)9(13)12-8/h1-4,7-8H,11H2,(H,12,13). The van der Waals surface area contributed by atoms with Crippen LogP contribution in [0.25, 0.3) is 0 Å². The van der Waals surface area contributed by atoms with Gasteiger partial charge in [-0.3, -0.25) is 4.79 Å². The molecule has 0 radical (unpaired) electrons. The van der Waals surface area contributed by atoms with E-state index in [-0.39, 0.29) is 11.9 Å². The second-order valence-corrected chi connectivity index (χ2v) is 3.98. The Bertz CT molecular complexity index is 353. The fourth-order valence-corrected chi connectivity index (χ4v) is 1.80. The third-order valence-corrected chi connectivity index (χ3v) is 2.66. The molecule has 1 fully saturated rings. The highest BCUT2D eigenvalue weighted by molar-refractivity contribution is 9.10. The van der Waals surface area contributed by atoms with Gasteiger partial charge in [-0.2, -0.15) is 0 Å². The van der Waals surface area contributed by atoms with Crippen LogP contribution in [0.2, 0.25) is 0 Å². The summed E-state index contributed by atoms with van der Waals surface area (Å²) in [6, 6.07) is 7.37. The number of hydrogen-bond acceptors (Lipinski definition) is 2. The van der Waals surface area contributed by atoms with Gasteiger partial charge in [0.05, 0.1) is 6.04 Å². The molecule has 1 amide bonds. The van der Waals surface area contributed by atoms with E-state index in [4.69, 9.17) is 5.73 Å². The minimum absolute atomic E-state index is 0.0231. The van der Waals surface area contributed by atoms with E-state index in [2.05, 4.69) is 21.2 Å². The van der Waals surface area contributed by atoms with E-state index in [1.54, 1.807) is 0 Å². The summed E-state index contributed by atoms with van der Waals surface area (Å²) in [7, 11) is 0. The van der Waals surface area contributed by atoms with Crippen LogP contribution in [0, 0.1) is 0 Å². The van der Waals surface area contributed by atoms with Gasteiger partial charge in [0.25, 0.3) is 0 Å². The first kappa shape index (κ1) is 8.72. The summed E-state index contributed by atoms with van der Waals surface area (Å²) in [5, 5.41) is 2.75. The van der Waals surface area contributed by atoms with E-state index in [0.717, 1.165) is 10.0 Å². The van der Waals surface area contributed by atoms with Gasteiger partial charge in [0.2, 0.25) is 5.91 Å². The van der Waals surface area contributed by atoms with Gasteiger partial charge in [-0.25, -0.2) is 0 Å². The van der Waals surface area contributed by atoms with Crippen molar-refractivity contribution >= 4 is 21.8 Å². The van der Waals surface area contributed by atoms with Crippen molar-refractivity contribution < 1.29 is 4.79 Å². The maximum atomic E-state index is 10.9. The number of β-lactam (4-membered cyclic amide) rings is 1. The predicted octanol–water partition coefficient (Wildman–Crippen LogP) is 0.947. The Morgan fingerprint density at radius 1 is 1.46 bits per heavy atom. The Balaban J connectivity index is 2.23. The lowest BCUT2D eigenvalue weighted by Gasteiger charge is -2.34. The number of benzene rings is 1. The molecule has 1 aromatic carbocycles. The lowest BCUT2D eigenvalue weighted by molar-refractivity contribution is -0.130. The molecule has 0 saturated carbocycles. The second kappa shape index (κ2) is 3.12. The number of halogens is 1. The van der Waals surface area contributed by atoms with Crippen LogP contribution in [-0.2, 0) is 4.79 Å². The van der Waals surface area contributed by atoms with Crippen LogP contribution in [0.1, 0.15) is 11.6 Å². The first-order valence-electron chi connectivity index (χ1n) is 4.00. The number of carbonyl (C=O) groups is 1. The Morgan fingerprint density at radius 3 is 2.77 bits per heavy atom. The van der Waals surface area contributed by atoms with Crippen LogP contribution in [0.5, 0.6) is 0 Å². The second-order valence-electron chi connectivity index (χ2n) is 3.07.